The van der Waals surface area contributed by atoms with E-state index in [4.69, 9.17) is 10.5 Å². The van der Waals surface area contributed by atoms with Crippen molar-refractivity contribution in [3.63, 3.8) is 0 Å². The van der Waals surface area contributed by atoms with E-state index >= 15 is 0 Å². The molecule has 164 valence electrons. The number of nitrogens with one attached hydrogen (secondary N) is 1. The summed E-state index contributed by atoms with van der Waals surface area (Å²) in [7, 11) is 0. The highest BCUT2D eigenvalue weighted by atomic mass is 32.2. The topological polar surface area (TPSA) is 140 Å². The summed E-state index contributed by atoms with van der Waals surface area (Å²) in [6, 6.07) is 11.5. The maximum Gasteiger partial charge on any atom is 0.340 e. The minimum atomic E-state index is -0.501. The van der Waals surface area contributed by atoms with Gasteiger partial charge in [-0.05, 0) is 38.0 Å². The molecule has 0 saturated heterocycles. The van der Waals surface area contributed by atoms with Crippen LogP contribution in [0.4, 0.5) is 17.6 Å². The first-order valence-corrected chi connectivity index (χ1v) is 11.0. The lowest BCUT2D eigenvalue weighted by molar-refractivity contribution is 0.0524. The third-order valence-electron chi connectivity index (χ3n) is 4.48. The number of nitrogens with two attached hydrogens (primary N) is 1. The molecule has 2 aromatic heterocycles. The summed E-state index contributed by atoms with van der Waals surface area (Å²) in [6.45, 7) is 5.74. The van der Waals surface area contributed by atoms with Crippen LogP contribution in [0.15, 0.2) is 35.4 Å². The van der Waals surface area contributed by atoms with E-state index < -0.39 is 5.97 Å². The third kappa shape index (κ3) is 5.50. The number of para-hydroxylation sites is 1. The molecule has 0 atom stereocenters. The summed E-state index contributed by atoms with van der Waals surface area (Å²) in [5.41, 5.74) is 8.95. The molecule has 3 N–H and O–H groups in total. The molecule has 1 aromatic carbocycles. The summed E-state index contributed by atoms with van der Waals surface area (Å²) < 4.78 is 5.03. The lowest BCUT2D eigenvalue weighted by Gasteiger charge is -2.11. The molecule has 32 heavy (non-hydrogen) atoms. The molecule has 3 aromatic rings. The zero-order valence-corrected chi connectivity index (χ0v) is 18.9. The Balaban J connectivity index is 1.81. The van der Waals surface area contributed by atoms with E-state index in [0.717, 1.165) is 17.7 Å². The van der Waals surface area contributed by atoms with Crippen molar-refractivity contribution in [2.45, 2.75) is 38.0 Å². The molecule has 9 nitrogen and oxygen atoms in total. The molecule has 0 saturated carbocycles. The minimum Gasteiger partial charge on any atom is -0.462 e. The number of esters is 1. The molecule has 3 rings (SSSR count). The van der Waals surface area contributed by atoms with E-state index in [1.807, 2.05) is 24.3 Å². The molecule has 0 spiro atoms. The van der Waals surface area contributed by atoms with Gasteiger partial charge in [-0.1, -0.05) is 36.9 Å². The van der Waals surface area contributed by atoms with Crippen molar-refractivity contribution in [2.75, 3.05) is 17.7 Å². The van der Waals surface area contributed by atoms with Crippen LogP contribution < -0.4 is 11.1 Å². The number of ether oxygens (including phenoxy) is 1. The van der Waals surface area contributed by atoms with Crippen molar-refractivity contribution in [3.8, 4) is 6.07 Å². The number of hydrogen-bond donors (Lipinski definition) is 2. The van der Waals surface area contributed by atoms with Gasteiger partial charge < -0.3 is 15.8 Å². The van der Waals surface area contributed by atoms with Gasteiger partial charge in [-0.2, -0.15) is 20.2 Å². The third-order valence-corrected chi connectivity index (χ3v) is 5.46. The lowest BCUT2D eigenvalue weighted by Crippen LogP contribution is -2.10. The molecule has 0 bridgehead atoms. The number of nitriles is 1. The average Bonchev–Trinajstić information content (AvgIpc) is 2.78. The number of aromatic nitrogens is 4. The number of thioether (sulfide) groups is 1. The van der Waals surface area contributed by atoms with Crippen LogP contribution in [0, 0.1) is 18.3 Å². The number of pyridine rings is 1. The summed E-state index contributed by atoms with van der Waals surface area (Å²) in [5, 5.41) is 13.2. The Morgan fingerprint density at radius 2 is 2.00 bits per heavy atom. The van der Waals surface area contributed by atoms with E-state index in [1.54, 1.807) is 13.8 Å². The number of hydrogen-bond acceptors (Lipinski definition) is 10. The summed E-state index contributed by atoms with van der Waals surface area (Å²) in [4.78, 5) is 29.3. The van der Waals surface area contributed by atoms with E-state index in [-0.39, 0.29) is 23.7 Å². The second-order valence-corrected chi connectivity index (χ2v) is 7.63. The van der Waals surface area contributed by atoms with Crippen LogP contribution in [0.2, 0.25) is 0 Å². The maximum atomic E-state index is 12.1. The summed E-state index contributed by atoms with van der Waals surface area (Å²) in [5.74, 6) is 0.692. The molecule has 0 radical (unpaired) electrons. The van der Waals surface area contributed by atoms with Gasteiger partial charge in [-0.3, -0.25) is 0 Å². The highest BCUT2D eigenvalue weighted by molar-refractivity contribution is 7.98. The second-order valence-electron chi connectivity index (χ2n) is 6.66. The Morgan fingerprint density at radius 1 is 1.22 bits per heavy atom. The van der Waals surface area contributed by atoms with Crippen LogP contribution in [0.5, 0.6) is 0 Å². The first kappa shape index (κ1) is 23.0. The van der Waals surface area contributed by atoms with Crippen LogP contribution in [-0.4, -0.2) is 32.5 Å². The van der Waals surface area contributed by atoms with Gasteiger partial charge >= 0.3 is 5.97 Å². The van der Waals surface area contributed by atoms with Crippen molar-refractivity contribution in [1.29, 1.82) is 5.26 Å². The minimum absolute atomic E-state index is 0.0920. The molecule has 0 aliphatic carbocycles. The van der Waals surface area contributed by atoms with Crippen molar-refractivity contribution in [3.05, 3.63) is 58.5 Å². The van der Waals surface area contributed by atoms with Crippen molar-refractivity contribution >= 4 is 35.3 Å². The Hall–Kier alpha value is -3.71. The fraction of sp³-hybridized carbons (Fsp3) is 0.273. The number of carbonyl (C=O) groups is 1. The molecule has 0 amide bonds. The Kier molecular flexibility index (Phi) is 7.57. The van der Waals surface area contributed by atoms with Gasteiger partial charge in [0.05, 0.1) is 29.2 Å². The zero-order valence-electron chi connectivity index (χ0n) is 18.0. The number of nitrogens with zero attached hydrogens (tertiary/aromatic N) is 5. The monoisotopic (exact) mass is 449 g/mol. The van der Waals surface area contributed by atoms with Gasteiger partial charge in [-0.25, -0.2) is 9.78 Å². The Morgan fingerprint density at radius 3 is 2.72 bits per heavy atom. The predicted molar refractivity (Wildman–Crippen MR) is 123 cm³/mol. The van der Waals surface area contributed by atoms with Crippen LogP contribution in [0.25, 0.3) is 0 Å². The van der Waals surface area contributed by atoms with Gasteiger partial charge in [0.25, 0.3) is 0 Å². The van der Waals surface area contributed by atoms with Crippen LogP contribution in [0.1, 0.15) is 46.9 Å². The highest BCUT2D eigenvalue weighted by Crippen LogP contribution is 2.26. The quantitative estimate of drug-likeness (QED) is 0.385. The summed E-state index contributed by atoms with van der Waals surface area (Å²) >= 11 is 1.28. The molecule has 2 heterocycles. The number of benzene rings is 1. The fourth-order valence-corrected chi connectivity index (χ4v) is 3.81. The fourth-order valence-electron chi connectivity index (χ4n) is 2.95. The normalized spacial score (nSPS) is 10.4. The molecule has 0 aliphatic rings. The predicted octanol–water partition coefficient (Wildman–Crippen LogP) is 3.80. The van der Waals surface area contributed by atoms with Crippen LogP contribution in [-0.2, 0) is 16.9 Å². The largest absolute Gasteiger partial charge is 0.462 e. The van der Waals surface area contributed by atoms with Gasteiger partial charge in [0.1, 0.15) is 16.9 Å². The molecular weight excluding hydrogens is 426 g/mol. The van der Waals surface area contributed by atoms with Crippen LogP contribution in [0.3, 0.4) is 0 Å². The zero-order chi connectivity index (χ0) is 23.1. The molecule has 0 aliphatic heterocycles. The molecular formula is C22H23N7O2S. The number of rotatable bonds is 8. The van der Waals surface area contributed by atoms with Crippen molar-refractivity contribution < 1.29 is 9.53 Å². The standard InChI is InChI=1S/C22H23N7O2S/c1-4-14-8-6-7-9-17(14)26-22-28-18(27-21(24)29-22)12-32-19-15(11-23)10-16(13(3)25-19)20(30)31-5-2/h6-10H,4-5,12H2,1-3H3,(H3,24,26,27,28,29). The summed E-state index contributed by atoms with van der Waals surface area (Å²) in [6.07, 6.45) is 0.857. The van der Waals surface area contributed by atoms with E-state index in [0.29, 0.717) is 28.2 Å². The van der Waals surface area contributed by atoms with Gasteiger partial charge in [0, 0.05) is 5.69 Å². The highest BCUT2D eigenvalue weighted by Gasteiger charge is 2.17. The Labute approximate surface area is 190 Å². The van der Waals surface area contributed by atoms with Crippen LogP contribution >= 0.6 is 11.8 Å². The van der Waals surface area contributed by atoms with Crippen molar-refractivity contribution in [2.24, 2.45) is 0 Å². The number of carbonyl (C=O) groups excluding carboxylic acids is 1. The van der Waals surface area contributed by atoms with Gasteiger partial charge in [0.2, 0.25) is 11.9 Å². The number of anilines is 3. The first-order valence-electron chi connectivity index (χ1n) is 10.0. The Bertz CT molecular complexity index is 1180. The number of nitrogen functional groups attached to an aromatic ring is 1. The maximum absolute atomic E-state index is 12.1. The van der Waals surface area contributed by atoms with Gasteiger partial charge in [-0.15, -0.1) is 0 Å². The molecule has 10 heteroatoms. The van der Waals surface area contributed by atoms with Crippen molar-refractivity contribution in [1.82, 2.24) is 19.9 Å². The van der Waals surface area contributed by atoms with Gasteiger partial charge in [0.15, 0.2) is 0 Å². The second kappa shape index (κ2) is 10.5. The van der Waals surface area contributed by atoms with E-state index in [2.05, 4.69) is 38.2 Å². The average molecular weight is 450 g/mol. The molecule has 0 fully saturated rings. The SMILES string of the molecule is CCOC(=O)c1cc(C#N)c(SCc2nc(N)nc(Nc3ccccc3CC)n2)nc1C. The molecule has 0 unspecified atom stereocenters. The smallest absolute Gasteiger partial charge is 0.340 e. The first-order chi connectivity index (χ1) is 15.4. The number of aryl methyl sites for hydroxylation is 2. The lowest BCUT2D eigenvalue weighted by atomic mass is 10.1. The van der Waals surface area contributed by atoms with E-state index in [9.17, 15) is 10.1 Å². The van der Waals surface area contributed by atoms with E-state index in [1.165, 1.54) is 17.8 Å².